The van der Waals surface area contributed by atoms with Gasteiger partial charge in [-0.05, 0) is 72.9 Å². The summed E-state index contributed by atoms with van der Waals surface area (Å²) in [6.45, 7) is 0. The van der Waals surface area contributed by atoms with Crippen LogP contribution in [0.1, 0.15) is 10.4 Å². The molecule has 30 heavy (non-hydrogen) atoms. The van der Waals surface area contributed by atoms with Crippen LogP contribution in [0.25, 0.3) is 0 Å². The summed E-state index contributed by atoms with van der Waals surface area (Å²) in [6.07, 6.45) is 0. The molecule has 0 bridgehead atoms. The molecule has 5 nitrogen and oxygen atoms in total. The Morgan fingerprint density at radius 2 is 1.57 bits per heavy atom. The number of ether oxygens (including phenoxy) is 1. The average molecular weight is 464 g/mol. The highest BCUT2D eigenvalue weighted by molar-refractivity contribution is 7.80. The van der Waals surface area contributed by atoms with Crippen molar-refractivity contribution in [2.75, 3.05) is 23.1 Å². The molecule has 0 radical (unpaired) electrons. The number of carbonyl (C=O) groups excluding carboxylic acids is 1. The second-order valence-corrected chi connectivity index (χ2v) is 7.39. The number of carbonyl (C=O) groups is 1. The first-order chi connectivity index (χ1) is 14.3. The van der Waals surface area contributed by atoms with Gasteiger partial charge in [0.1, 0.15) is 11.6 Å². The van der Waals surface area contributed by atoms with E-state index in [1.54, 1.807) is 36.4 Å². The van der Waals surface area contributed by atoms with E-state index in [1.165, 1.54) is 31.4 Å². The summed E-state index contributed by atoms with van der Waals surface area (Å²) < 4.78 is 18.4. The Bertz CT molecular complexity index is 1070. The third-order valence-corrected chi connectivity index (χ3v) is 4.57. The van der Waals surface area contributed by atoms with Crippen LogP contribution in [0.2, 0.25) is 10.0 Å². The minimum atomic E-state index is -0.383. The van der Waals surface area contributed by atoms with Gasteiger partial charge in [0.15, 0.2) is 5.11 Å². The summed E-state index contributed by atoms with van der Waals surface area (Å²) in [5.41, 5.74) is 1.92. The Hall–Kier alpha value is -2.87. The van der Waals surface area contributed by atoms with E-state index in [1.807, 2.05) is 0 Å². The molecule has 0 aliphatic heterocycles. The quantitative estimate of drug-likeness (QED) is 0.393. The molecule has 9 heteroatoms. The van der Waals surface area contributed by atoms with Gasteiger partial charge in [0.25, 0.3) is 5.91 Å². The van der Waals surface area contributed by atoms with E-state index in [2.05, 4.69) is 16.0 Å². The highest BCUT2D eigenvalue weighted by Gasteiger charge is 2.12. The van der Waals surface area contributed by atoms with Gasteiger partial charge in [-0.25, -0.2) is 4.39 Å². The number of hydrogen-bond donors (Lipinski definition) is 3. The van der Waals surface area contributed by atoms with Gasteiger partial charge in [0.05, 0.1) is 12.8 Å². The molecule has 0 saturated heterocycles. The van der Waals surface area contributed by atoms with Gasteiger partial charge < -0.3 is 20.7 Å². The van der Waals surface area contributed by atoms with E-state index in [0.29, 0.717) is 38.4 Å². The number of benzene rings is 3. The second kappa shape index (κ2) is 9.75. The van der Waals surface area contributed by atoms with Gasteiger partial charge >= 0.3 is 0 Å². The Labute approximate surface area is 188 Å². The van der Waals surface area contributed by atoms with Crippen LogP contribution in [0.3, 0.4) is 0 Å². The van der Waals surface area contributed by atoms with Crippen molar-refractivity contribution in [1.29, 1.82) is 0 Å². The Morgan fingerprint density at radius 3 is 2.20 bits per heavy atom. The third kappa shape index (κ3) is 5.82. The average Bonchev–Trinajstić information content (AvgIpc) is 2.68. The van der Waals surface area contributed by atoms with E-state index >= 15 is 0 Å². The number of rotatable bonds is 5. The van der Waals surface area contributed by atoms with Crippen LogP contribution in [0.15, 0.2) is 60.7 Å². The highest BCUT2D eigenvalue weighted by atomic mass is 35.5. The summed E-state index contributed by atoms with van der Waals surface area (Å²) in [5, 5.41) is 9.85. The maximum absolute atomic E-state index is 13.0. The number of hydrogen-bond acceptors (Lipinski definition) is 3. The molecule has 3 N–H and O–H groups in total. The number of anilines is 3. The second-order valence-electron chi connectivity index (χ2n) is 6.11. The molecular formula is C21H16Cl2FN3O2S. The summed E-state index contributed by atoms with van der Waals surface area (Å²) in [7, 11) is 1.51. The first kappa shape index (κ1) is 21.8. The van der Waals surface area contributed by atoms with Crippen LogP contribution >= 0.6 is 35.4 Å². The maximum atomic E-state index is 13.0. The topological polar surface area (TPSA) is 62.4 Å². The molecule has 3 rings (SSSR count). The summed E-state index contributed by atoms with van der Waals surface area (Å²) >= 11 is 17.3. The van der Waals surface area contributed by atoms with Crippen molar-refractivity contribution in [2.45, 2.75) is 0 Å². The normalized spacial score (nSPS) is 10.3. The van der Waals surface area contributed by atoms with Gasteiger partial charge in [-0.2, -0.15) is 0 Å². The molecular weight excluding hydrogens is 448 g/mol. The predicted molar refractivity (Wildman–Crippen MR) is 124 cm³/mol. The molecule has 0 fully saturated rings. The molecule has 0 aliphatic rings. The first-order valence-electron chi connectivity index (χ1n) is 8.63. The van der Waals surface area contributed by atoms with Gasteiger partial charge in [0, 0.05) is 27.0 Å². The van der Waals surface area contributed by atoms with Gasteiger partial charge in [-0.3, -0.25) is 4.79 Å². The number of nitrogens with one attached hydrogen (secondary N) is 3. The Balaban J connectivity index is 1.75. The van der Waals surface area contributed by atoms with E-state index < -0.39 is 0 Å². The van der Waals surface area contributed by atoms with E-state index in [0.717, 1.165) is 0 Å². The van der Waals surface area contributed by atoms with Crippen molar-refractivity contribution in [3.63, 3.8) is 0 Å². The lowest BCUT2D eigenvalue weighted by atomic mass is 10.1. The van der Waals surface area contributed by atoms with Crippen molar-refractivity contribution in [2.24, 2.45) is 0 Å². The molecule has 0 heterocycles. The highest BCUT2D eigenvalue weighted by Crippen LogP contribution is 2.27. The molecule has 3 aromatic rings. The monoisotopic (exact) mass is 463 g/mol. The molecule has 0 aliphatic carbocycles. The summed E-state index contributed by atoms with van der Waals surface area (Å²) in [5.74, 6) is -0.264. The van der Waals surface area contributed by atoms with Crippen LogP contribution in [0, 0.1) is 5.82 Å². The Morgan fingerprint density at radius 1 is 0.900 bits per heavy atom. The lowest BCUT2D eigenvalue weighted by Crippen LogP contribution is -2.20. The fourth-order valence-electron chi connectivity index (χ4n) is 2.59. The van der Waals surface area contributed by atoms with E-state index in [-0.39, 0.29) is 16.8 Å². The van der Waals surface area contributed by atoms with Crippen LogP contribution in [0.5, 0.6) is 5.75 Å². The molecule has 1 amide bonds. The van der Waals surface area contributed by atoms with Crippen LogP contribution in [-0.4, -0.2) is 18.1 Å². The zero-order valence-corrected chi connectivity index (χ0v) is 18.0. The summed E-state index contributed by atoms with van der Waals surface area (Å²) in [4.78, 5) is 12.6. The van der Waals surface area contributed by atoms with Crippen LogP contribution in [-0.2, 0) is 0 Å². The van der Waals surface area contributed by atoms with Gasteiger partial charge in [0.2, 0.25) is 0 Å². The van der Waals surface area contributed by atoms with Crippen LogP contribution in [0.4, 0.5) is 21.5 Å². The lowest BCUT2D eigenvalue weighted by molar-refractivity contribution is 0.102. The largest absolute Gasteiger partial charge is 0.495 e. The van der Waals surface area contributed by atoms with E-state index in [4.69, 9.17) is 40.2 Å². The molecule has 0 atom stereocenters. The number of methoxy groups -OCH3 is 1. The van der Waals surface area contributed by atoms with Crippen molar-refractivity contribution in [3.8, 4) is 5.75 Å². The predicted octanol–water partition coefficient (Wildman–Crippen LogP) is 6.20. The molecule has 0 saturated carbocycles. The van der Waals surface area contributed by atoms with Crippen molar-refractivity contribution in [3.05, 3.63) is 82.1 Å². The molecule has 0 spiro atoms. The molecule has 154 valence electrons. The zero-order chi connectivity index (χ0) is 21.7. The molecule has 3 aromatic carbocycles. The maximum Gasteiger partial charge on any atom is 0.255 e. The third-order valence-electron chi connectivity index (χ3n) is 3.93. The van der Waals surface area contributed by atoms with Gasteiger partial charge in [-0.15, -0.1) is 0 Å². The lowest BCUT2D eigenvalue weighted by Gasteiger charge is -2.15. The SMILES string of the molecule is COc1ccc(C(=O)Nc2ccc(F)cc2)cc1NC(=S)Nc1cc(Cl)cc(Cl)c1. The summed E-state index contributed by atoms with van der Waals surface area (Å²) in [6, 6.07) is 15.3. The molecule has 0 unspecified atom stereocenters. The van der Waals surface area contributed by atoms with Crippen LogP contribution < -0.4 is 20.7 Å². The smallest absolute Gasteiger partial charge is 0.255 e. The standard InChI is InChI=1S/C21H16Cl2FN3O2S/c1-29-19-7-2-12(20(28)25-16-5-3-15(24)4-6-16)8-18(19)27-21(30)26-17-10-13(22)9-14(23)11-17/h2-11H,1H3,(H,25,28)(H2,26,27,30). The number of amides is 1. The molecule has 0 aromatic heterocycles. The fraction of sp³-hybridized carbons (Fsp3) is 0.0476. The van der Waals surface area contributed by atoms with Crippen molar-refractivity contribution >= 4 is 63.5 Å². The fourth-order valence-corrected chi connectivity index (χ4v) is 3.35. The minimum Gasteiger partial charge on any atom is -0.495 e. The van der Waals surface area contributed by atoms with E-state index in [9.17, 15) is 9.18 Å². The number of thiocarbonyl (C=S) groups is 1. The Kier molecular flexibility index (Phi) is 7.10. The number of halogens is 3. The first-order valence-corrected chi connectivity index (χ1v) is 9.79. The minimum absolute atomic E-state index is 0.253. The van der Waals surface area contributed by atoms with Gasteiger partial charge in [-0.1, -0.05) is 23.2 Å². The van der Waals surface area contributed by atoms with Crippen molar-refractivity contribution < 1.29 is 13.9 Å². The van der Waals surface area contributed by atoms with Crippen molar-refractivity contribution in [1.82, 2.24) is 0 Å². The zero-order valence-electron chi connectivity index (χ0n) is 15.6.